The van der Waals surface area contributed by atoms with E-state index in [9.17, 15) is 0 Å². The SMILES string of the molecule is CN=C(NCCc1ccc(C)nc1)NCCc1ccc(Cl)nc1. The van der Waals surface area contributed by atoms with Gasteiger partial charge >= 0.3 is 0 Å². The highest BCUT2D eigenvalue weighted by atomic mass is 35.5. The molecular formula is C17H22ClN5. The van der Waals surface area contributed by atoms with Crippen LogP contribution in [0.15, 0.2) is 41.7 Å². The maximum atomic E-state index is 5.77. The van der Waals surface area contributed by atoms with Crippen molar-refractivity contribution in [2.75, 3.05) is 20.1 Å². The van der Waals surface area contributed by atoms with Gasteiger partial charge in [0.05, 0.1) is 0 Å². The standard InChI is InChI=1S/C17H22ClN5/c1-13-3-4-14(11-22-13)7-9-20-17(19-2)21-10-8-15-5-6-16(18)23-12-15/h3-6,11-12H,7-10H2,1-2H3,(H2,19,20,21). The van der Waals surface area contributed by atoms with Crippen LogP contribution in [0.2, 0.25) is 5.15 Å². The lowest BCUT2D eigenvalue weighted by Crippen LogP contribution is -2.39. The Morgan fingerprint density at radius 3 is 2.09 bits per heavy atom. The summed E-state index contributed by atoms with van der Waals surface area (Å²) in [5.41, 5.74) is 3.39. The first-order valence-corrected chi connectivity index (χ1v) is 8.01. The fourth-order valence-electron chi connectivity index (χ4n) is 2.07. The van der Waals surface area contributed by atoms with Crippen molar-refractivity contribution in [1.29, 1.82) is 0 Å². The molecule has 0 aliphatic heterocycles. The molecule has 6 heteroatoms. The Morgan fingerprint density at radius 1 is 1.00 bits per heavy atom. The zero-order chi connectivity index (χ0) is 16.5. The summed E-state index contributed by atoms with van der Waals surface area (Å²) in [5, 5.41) is 7.11. The lowest BCUT2D eigenvalue weighted by Gasteiger charge is -2.12. The second-order valence-electron chi connectivity index (χ2n) is 5.22. The number of rotatable bonds is 6. The van der Waals surface area contributed by atoms with Gasteiger partial charge in [-0.15, -0.1) is 0 Å². The van der Waals surface area contributed by atoms with Gasteiger partial charge in [0.2, 0.25) is 0 Å². The largest absolute Gasteiger partial charge is 0.356 e. The van der Waals surface area contributed by atoms with Gasteiger partial charge in [0.15, 0.2) is 5.96 Å². The number of halogens is 1. The quantitative estimate of drug-likeness (QED) is 0.485. The molecule has 0 amide bonds. The van der Waals surface area contributed by atoms with Crippen LogP contribution >= 0.6 is 11.6 Å². The molecule has 0 aliphatic rings. The molecular weight excluding hydrogens is 310 g/mol. The second-order valence-corrected chi connectivity index (χ2v) is 5.61. The summed E-state index contributed by atoms with van der Waals surface area (Å²) in [7, 11) is 1.77. The lowest BCUT2D eigenvalue weighted by atomic mass is 10.2. The molecule has 2 rings (SSSR count). The van der Waals surface area contributed by atoms with Crippen molar-refractivity contribution in [2.24, 2.45) is 4.99 Å². The molecule has 23 heavy (non-hydrogen) atoms. The summed E-state index contributed by atoms with van der Waals surface area (Å²) in [4.78, 5) is 12.6. The molecule has 2 heterocycles. The summed E-state index contributed by atoms with van der Waals surface area (Å²) in [6, 6.07) is 7.92. The van der Waals surface area contributed by atoms with E-state index in [0.717, 1.165) is 43.1 Å². The van der Waals surface area contributed by atoms with Gasteiger partial charge in [-0.3, -0.25) is 9.98 Å². The van der Waals surface area contributed by atoms with Crippen molar-refractivity contribution in [2.45, 2.75) is 19.8 Å². The Balaban J connectivity index is 1.69. The van der Waals surface area contributed by atoms with Gasteiger partial charge in [0.25, 0.3) is 0 Å². The Hall–Kier alpha value is -2.14. The van der Waals surface area contributed by atoms with Crippen LogP contribution in [0.4, 0.5) is 0 Å². The topological polar surface area (TPSA) is 62.2 Å². The molecule has 0 aromatic carbocycles. The predicted molar refractivity (Wildman–Crippen MR) is 95.0 cm³/mol. The summed E-state index contributed by atoms with van der Waals surface area (Å²) >= 11 is 5.77. The third kappa shape index (κ3) is 6.24. The van der Waals surface area contributed by atoms with E-state index in [2.05, 4.69) is 31.7 Å². The molecule has 0 unspecified atom stereocenters. The molecule has 2 aromatic rings. The van der Waals surface area contributed by atoms with E-state index >= 15 is 0 Å². The number of hydrogen-bond donors (Lipinski definition) is 2. The number of guanidine groups is 1. The van der Waals surface area contributed by atoms with Gasteiger partial charge in [-0.05, 0) is 43.0 Å². The van der Waals surface area contributed by atoms with E-state index in [0.29, 0.717) is 5.15 Å². The van der Waals surface area contributed by atoms with E-state index < -0.39 is 0 Å². The highest BCUT2D eigenvalue weighted by molar-refractivity contribution is 6.29. The average molecular weight is 332 g/mol. The van der Waals surface area contributed by atoms with Gasteiger partial charge < -0.3 is 10.6 Å². The van der Waals surface area contributed by atoms with Crippen molar-refractivity contribution in [3.05, 3.63) is 58.6 Å². The van der Waals surface area contributed by atoms with Crippen molar-refractivity contribution < 1.29 is 0 Å². The summed E-state index contributed by atoms with van der Waals surface area (Å²) in [6.45, 7) is 3.59. The van der Waals surface area contributed by atoms with Gasteiger partial charge in [0.1, 0.15) is 5.15 Å². The second kappa shape index (κ2) is 9.10. The number of aromatic nitrogens is 2. The number of pyridine rings is 2. The van der Waals surface area contributed by atoms with Gasteiger partial charge in [-0.1, -0.05) is 23.7 Å². The zero-order valence-corrected chi connectivity index (χ0v) is 14.3. The molecule has 0 spiro atoms. The van der Waals surface area contributed by atoms with Gasteiger partial charge in [0, 0.05) is 38.2 Å². The van der Waals surface area contributed by atoms with Crippen LogP contribution in [0.25, 0.3) is 0 Å². The van der Waals surface area contributed by atoms with E-state index in [1.165, 1.54) is 5.56 Å². The number of aryl methyl sites for hydroxylation is 1. The Kier molecular flexibility index (Phi) is 6.81. The van der Waals surface area contributed by atoms with Crippen molar-refractivity contribution >= 4 is 17.6 Å². The molecule has 0 atom stereocenters. The molecule has 0 bridgehead atoms. The summed E-state index contributed by atoms with van der Waals surface area (Å²) < 4.78 is 0. The fraction of sp³-hybridized carbons (Fsp3) is 0.353. The molecule has 0 radical (unpaired) electrons. The molecule has 0 saturated carbocycles. The van der Waals surface area contributed by atoms with Gasteiger partial charge in [-0.25, -0.2) is 4.98 Å². The highest BCUT2D eigenvalue weighted by Gasteiger charge is 1.99. The first kappa shape index (κ1) is 17.2. The maximum absolute atomic E-state index is 5.77. The number of hydrogen-bond acceptors (Lipinski definition) is 3. The third-order valence-corrected chi connectivity index (χ3v) is 3.62. The minimum atomic E-state index is 0.518. The molecule has 0 fully saturated rings. The fourth-order valence-corrected chi connectivity index (χ4v) is 2.18. The van der Waals surface area contributed by atoms with Gasteiger partial charge in [-0.2, -0.15) is 0 Å². The summed E-state index contributed by atoms with van der Waals surface area (Å²) in [6.07, 6.45) is 5.49. The third-order valence-electron chi connectivity index (χ3n) is 3.40. The van der Waals surface area contributed by atoms with Crippen LogP contribution in [0.1, 0.15) is 16.8 Å². The normalized spacial score (nSPS) is 11.3. The number of nitrogens with one attached hydrogen (secondary N) is 2. The molecule has 0 saturated heterocycles. The molecule has 2 N–H and O–H groups in total. The van der Waals surface area contributed by atoms with Crippen molar-refractivity contribution in [3.8, 4) is 0 Å². The van der Waals surface area contributed by atoms with E-state index in [1.54, 1.807) is 19.3 Å². The Labute approximate surface area is 142 Å². The van der Waals surface area contributed by atoms with Crippen LogP contribution in [-0.2, 0) is 12.8 Å². The molecule has 5 nitrogen and oxygen atoms in total. The average Bonchev–Trinajstić information content (AvgIpc) is 2.57. The predicted octanol–water partition coefficient (Wildman–Crippen LogP) is 2.39. The van der Waals surface area contributed by atoms with Crippen LogP contribution in [0.5, 0.6) is 0 Å². The van der Waals surface area contributed by atoms with E-state index in [1.807, 2.05) is 25.3 Å². The summed E-state index contributed by atoms with van der Waals surface area (Å²) in [5.74, 6) is 0.798. The smallest absolute Gasteiger partial charge is 0.190 e. The minimum absolute atomic E-state index is 0.518. The van der Waals surface area contributed by atoms with Crippen molar-refractivity contribution in [3.63, 3.8) is 0 Å². The maximum Gasteiger partial charge on any atom is 0.190 e. The Morgan fingerprint density at radius 2 is 1.61 bits per heavy atom. The molecule has 2 aromatic heterocycles. The zero-order valence-electron chi connectivity index (χ0n) is 13.5. The van der Waals surface area contributed by atoms with Crippen molar-refractivity contribution in [1.82, 2.24) is 20.6 Å². The Bertz CT molecular complexity index is 569. The van der Waals surface area contributed by atoms with E-state index in [-0.39, 0.29) is 0 Å². The van der Waals surface area contributed by atoms with E-state index in [4.69, 9.17) is 11.6 Å². The van der Waals surface area contributed by atoms with Crippen LogP contribution < -0.4 is 10.6 Å². The number of aliphatic imine (C=N–C) groups is 1. The highest BCUT2D eigenvalue weighted by Crippen LogP contribution is 2.05. The minimum Gasteiger partial charge on any atom is -0.356 e. The van der Waals surface area contributed by atoms with Crippen LogP contribution in [0, 0.1) is 6.92 Å². The lowest BCUT2D eigenvalue weighted by molar-refractivity contribution is 0.781. The first-order valence-electron chi connectivity index (χ1n) is 7.64. The first-order chi connectivity index (χ1) is 11.2. The van der Waals surface area contributed by atoms with Crippen LogP contribution in [0.3, 0.4) is 0 Å². The molecule has 0 aliphatic carbocycles. The molecule has 122 valence electrons. The van der Waals surface area contributed by atoms with Crippen LogP contribution in [-0.4, -0.2) is 36.1 Å². The monoisotopic (exact) mass is 331 g/mol. The number of nitrogens with zero attached hydrogens (tertiary/aromatic N) is 3.